The number of halogens is 2. The zero-order valence-electron chi connectivity index (χ0n) is 11.6. The molecule has 0 spiro atoms. The van der Waals surface area contributed by atoms with Crippen molar-refractivity contribution in [1.82, 2.24) is 4.98 Å². The lowest BCUT2D eigenvalue weighted by Crippen LogP contribution is -2.18. The molecule has 0 saturated heterocycles. The van der Waals surface area contributed by atoms with E-state index in [9.17, 15) is 4.79 Å². The molecule has 0 aliphatic heterocycles. The van der Waals surface area contributed by atoms with Crippen molar-refractivity contribution in [2.45, 2.75) is 20.4 Å². The van der Waals surface area contributed by atoms with Gasteiger partial charge in [-0.1, -0.05) is 37.0 Å². The summed E-state index contributed by atoms with van der Waals surface area (Å²) < 4.78 is 0.506. The fourth-order valence-corrected chi connectivity index (χ4v) is 2.69. The molecular weight excluding hydrogens is 329 g/mol. The van der Waals surface area contributed by atoms with Crippen molar-refractivity contribution in [1.29, 1.82) is 0 Å². The van der Waals surface area contributed by atoms with Gasteiger partial charge in [-0.15, -0.1) is 11.3 Å². The minimum absolute atomic E-state index is 0.0405. The molecule has 0 aliphatic carbocycles. The third-order valence-electron chi connectivity index (χ3n) is 2.74. The number of amides is 1. The molecule has 0 bridgehead atoms. The van der Waals surface area contributed by atoms with Gasteiger partial charge in [0, 0.05) is 22.0 Å². The Morgan fingerprint density at radius 3 is 2.71 bits per heavy atom. The minimum atomic E-state index is -0.0890. The molecule has 0 unspecified atom stereocenters. The molecular formula is C14H15Cl2N3OS. The van der Waals surface area contributed by atoms with Crippen LogP contribution < -0.4 is 10.6 Å². The van der Waals surface area contributed by atoms with Crippen LogP contribution in [0.4, 0.5) is 11.4 Å². The Hall–Kier alpha value is -1.30. The van der Waals surface area contributed by atoms with E-state index in [0.717, 1.165) is 10.6 Å². The highest BCUT2D eigenvalue weighted by molar-refractivity contribution is 7.15. The third-order valence-corrected chi connectivity index (χ3v) is 4.09. The Morgan fingerprint density at radius 2 is 2.10 bits per heavy atom. The molecule has 21 heavy (non-hydrogen) atoms. The van der Waals surface area contributed by atoms with Gasteiger partial charge in [0.1, 0.15) is 0 Å². The van der Waals surface area contributed by atoms with E-state index >= 15 is 0 Å². The summed E-state index contributed by atoms with van der Waals surface area (Å²) in [5.41, 5.74) is 1.47. The van der Waals surface area contributed by atoms with Gasteiger partial charge in [0.15, 0.2) is 4.47 Å². The van der Waals surface area contributed by atoms with Crippen LogP contribution in [0.5, 0.6) is 0 Å². The Kier molecular flexibility index (Phi) is 5.45. The number of aromatic nitrogens is 1. The molecule has 112 valence electrons. The van der Waals surface area contributed by atoms with Gasteiger partial charge in [-0.05, 0) is 18.2 Å². The van der Waals surface area contributed by atoms with Gasteiger partial charge in [0.25, 0.3) is 0 Å². The van der Waals surface area contributed by atoms with E-state index in [2.05, 4.69) is 15.6 Å². The van der Waals surface area contributed by atoms with Gasteiger partial charge in [-0.2, -0.15) is 0 Å². The van der Waals surface area contributed by atoms with Gasteiger partial charge in [-0.3, -0.25) is 4.79 Å². The number of benzene rings is 1. The molecule has 7 heteroatoms. The summed E-state index contributed by atoms with van der Waals surface area (Å²) in [5.74, 6) is -0.130. The Bertz CT molecular complexity index is 643. The standard InChI is InChI=1S/C14H15Cl2N3OS/c1-8(2)13(20)19-11-4-3-9(15)5-12(11)17-6-10-7-18-14(16)21-10/h3-5,7-8,17H,6H2,1-2H3,(H,19,20). The first-order valence-corrected chi connectivity index (χ1v) is 7.97. The lowest BCUT2D eigenvalue weighted by atomic mass is 10.2. The number of rotatable bonds is 5. The van der Waals surface area contributed by atoms with Crippen LogP contribution in [0.25, 0.3) is 0 Å². The van der Waals surface area contributed by atoms with Crippen LogP contribution in [0.1, 0.15) is 18.7 Å². The van der Waals surface area contributed by atoms with Crippen molar-refractivity contribution in [3.05, 3.63) is 38.8 Å². The number of carbonyl (C=O) groups is 1. The number of hydrogen-bond acceptors (Lipinski definition) is 4. The third kappa shape index (κ3) is 4.59. The maximum absolute atomic E-state index is 11.8. The smallest absolute Gasteiger partial charge is 0.226 e. The minimum Gasteiger partial charge on any atom is -0.378 e. The van der Waals surface area contributed by atoms with Crippen LogP contribution in [0.15, 0.2) is 24.4 Å². The molecule has 4 nitrogen and oxygen atoms in total. The SMILES string of the molecule is CC(C)C(=O)Nc1ccc(Cl)cc1NCc1cnc(Cl)s1. The van der Waals surface area contributed by atoms with Gasteiger partial charge >= 0.3 is 0 Å². The molecule has 1 aromatic carbocycles. The number of thiazole rings is 1. The molecule has 1 amide bonds. The van der Waals surface area contributed by atoms with E-state index in [1.807, 2.05) is 13.8 Å². The maximum Gasteiger partial charge on any atom is 0.226 e. The highest BCUT2D eigenvalue weighted by Crippen LogP contribution is 2.27. The number of anilines is 2. The van der Waals surface area contributed by atoms with Crippen LogP contribution in [-0.2, 0) is 11.3 Å². The number of carbonyl (C=O) groups excluding carboxylic acids is 1. The lowest BCUT2D eigenvalue weighted by Gasteiger charge is -2.14. The molecule has 2 rings (SSSR count). The topological polar surface area (TPSA) is 54.0 Å². The summed E-state index contributed by atoms with van der Waals surface area (Å²) in [6, 6.07) is 5.30. The highest BCUT2D eigenvalue weighted by atomic mass is 35.5. The average Bonchev–Trinajstić information content (AvgIpc) is 2.84. The second kappa shape index (κ2) is 7.11. The van der Waals surface area contributed by atoms with E-state index in [-0.39, 0.29) is 11.8 Å². The van der Waals surface area contributed by atoms with E-state index in [4.69, 9.17) is 23.2 Å². The normalized spacial score (nSPS) is 10.7. The quantitative estimate of drug-likeness (QED) is 0.830. The predicted octanol–water partition coefficient (Wildman–Crippen LogP) is 4.66. The van der Waals surface area contributed by atoms with Crippen molar-refractivity contribution in [2.24, 2.45) is 5.92 Å². The van der Waals surface area contributed by atoms with Crippen molar-refractivity contribution >= 4 is 51.8 Å². The first-order valence-electron chi connectivity index (χ1n) is 6.40. The first kappa shape index (κ1) is 16.1. The molecule has 0 atom stereocenters. The van der Waals surface area contributed by atoms with Crippen molar-refractivity contribution in [3.8, 4) is 0 Å². The fraction of sp³-hybridized carbons (Fsp3) is 0.286. The fourth-order valence-electron chi connectivity index (χ4n) is 1.60. The number of nitrogens with zero attached hydrogens (tertiary/aromatic N) is 1. The molecule has 0 fully saturated rings. The monoisotopic (exact) mass is 343 g/mol. The van der Waals surface area contributed by atoms with Crippen LogP contribution in [0.2, 0.25) is 9.49 Å². The molecule has 0 aliphatic rings. The van der Waals surface area contributed by atoms with Crippen LogP contribution in [0.3, 0.4) is 0 Å². The maximum atomic E-state index is 11.8. The van der Waals surface area contributed by atoms with Crippen molar-refractivity contribution < 1.29 is 4.79 Å². The predicted molar refractivity (Wildman–Crippen MR) is 89.4 cm³/mol. The second-order valence-corrected chi connectivity index (χ2v) is 6.90. The Labute approximate surface area is 137 Å². The second-order valence-electron chi connectivity index (χ2n) is 4.77. The molecule has 0 radical (unpaired) electrons. The van der Waals surface area contributed by atoms with Gasteiger partial charge < -0.3 is 10.6 Å². The first-order chi connectivity index (χ1) is 9.95. The zero-order chi connectivity index (χ0) is 15.4. The van der Waals surface area contributed by atoms with Crippen LogP contribution in [-0.4, -0.2) is 10.9 Å². The lowest BCUT2D eigenvalue weighted by molar-refractivity contribution is -0.118. The summed E-state index contributed by atoms with van der Waals surface area (Å²) in [5, 5.41) is 6.72. The molecule has 1 aromatic heterocycles. The summed E-state index contributed by atoms with van der Waals surface area (Å²) in [7, 11) is 0. The molecule has 2 aromatic rings. The highest BCUT2D eigenvalue weighted by Gasteiger charge is 2.11. The van der Waals surface area contributed by atoms with E-state index in [1.54, 1.807) is 24.4 Å². The molecule has 1 heterocycles. The van der Waals surface area contributed by atoms with E-state index in [0.29, 0.717) is 21.7 Å². The van der Waals surface area contributed by atoms with Crippen molar-refractivity contribution in [2.75, 3.05) is 10.6 Å². The number of nitrogens with one attached hydrogen (secondary N) is 2. The average molecular weight is 344 g/mol. The molecule has 2 N–H and O–H groups in total. The zero-order valence-corrected chi connectivity index (χ0v) is 13.9. The summed E-state index contributed by atoms with van der Waals surface area (Å²) >= 11 is 13.2. The summed E-state index contributed by atoms with van der Waals surface area (Å²) in [4.78, 5) is 16.8. The van der Waals surface area contributed by atoms with E-state index in [1.165, 1.54) is 11.3 Å². The number of hydrogen-bond donors (Lipinski definition) is 2. The van der Waals surface area contributed by atoms with Gasteiger partial charge in [0.05, 0.1) is 17.9 Å². The van der Waals surface area contributed by atoms with Crippen LogP contribution >= 0.6 is 34.5 Å². The molecule has 0 saturated carbocycles. The van der Waals surface area contributed by atoms with Crippen molar-refractivity contribution in [3.63, 3.8) is 0 Å². The summed E-state index contributed by atoms with van der Waals surface area (Å²) in [6.45, 7) is 4.25. The largest absolute Gasteiger partial charge is 0.378 e. The summed E-state index contributed by atoms with van der Waals surface area (Å²) in [6.07, 6.45) is 1.72. The Balaban J connectivity index is 2.13. The Morgan fingerprint density at radius 1 is 1.33 bits per heavy atom. The van der Waals surface area contributed by atoms with E-state index < -0.39 is 0 Å². The van der Waals surface area contributed by atoms with Gasteiger partial charge in [0.2, 0.25) is 5.91 Å². The van der Waals surface area contributed by atoms with Crippen LogP contribution in [0, 0.1) is 5.92 Å². The van der Waals surface area contributed by atoms with Gasteiger partial charge in [-0.25, -0.2) is 4.98 Å².